The maximum atomic E-state index is 13.7. The van der Waals surface area contributed by atoms with Crippen LogP contribution in [0.4, 0.5) is 25.1 Å². The van der Waals surface area contributed by atoms with Crippen molar-refractivity contribution in [2.24, 2.45) is 11.8 Å². The molecule has 2 N–H and O–H groups in total. The summed E-state index contributed by atoms with van der Waals surface area (Å²) in [6, 6.07) is 1.79. The molecule has 202 valence electrons. The van der Waals surface area contributed by atoms with Crippen LogP contribution in [0.2, 0.25) is 0 Å². The minimum atomic E-state index is -2.70. The van der Waals surface area contributed by atoms with E-state index in [-0.39, 0.29) is 24.7 Å². The van der Waals surface area contributed by atoms with Gasteiger partial charge in [-0.3, -0.25) is 14.8 Å². The first-order chi connectivity index (χ1) is 18.3. The molecule has 6 heterocycles. The van der Waals surface area contributed by atoms with E-state index in [1.54, 1.807) is 17.3 Å². The number of urea groups is 1. The van der Waals surface area contributed by atoms with Crippen molar-refractivity contribution < 1.29 is 18.3 Å². The summed E-state index contributed by atoms with van der Waals surface area (Å²) in [5, 5.41) is 15.7. The predicted octanol–water partition coefficient (Wildman–Crippen LogP) is 4.11. The fourth-order valence-corrected chi connectivity index (χ4v) is 6.34. The maximum absolute atomic E-state index is 13.7. The third kappa shape index (κ3) is 4.09. The van der Waals surface area contributed by atoms with Gasteiger partial charge < -0.3 is 19.9 Å². The molecule has 3 saturated heterocycles. The van der Waals surface area contributed by atoms with Crippen molar-refractivity contribution in [3.8, 4) is 11.4 Å². The molecule has 1 spiro atoms. The van der Waals surface area contributed by atoms with Gasteiger partial charge in [-0.1, -0.05) is 6.92 Å². The molecule has 2 amide bonds. The van der Waals surface area contributed by atoms with Crippen LogP contribution in [-0.4, -0.2) is 80.2 Å². The Morgan fingerprint density at radius 3 is 2.84 bits per heavy atom. The Hall–Kier alpha value is -3.28. The number of fused-ring (bicyclic) bond motifs is 1. The Kier molecular flexibility index (Phi) is 5.40. The third-order valence-electron chi connectivity index (χ3n) is 8.57. The number of nitrogens with zero attached hydrogens (tertiary/aromatic N) is 6. The Morgan fingerprint density at radius 2 is 2.11 bits per heavy atom. The van der Waals surface area contributed by atoms with Gasteiger partial charge in [-0.25, -0.2) is 13.6 Å². The van der Waals surface area contributed by atoms with Gasteiger partial charge in [-0.05, 0) is 44.1 Å². The number of anilines is 2. The summed E-state index contributed by atoms with van der Waals surface area (Å²) in [4.78, 5) is 21.5. The minimum absolute atomic E-state index is 0.00330. The second-order valence-electron chi connectivity index (χ2n) is 11.6. The summed E-state index contributed by atoms with van der Waals surface area (Å²) in [6.45, 7) is 4.33. The highest BCUT2D eigenvalue weighted by Crippen LogP contribution is 2.50. The second kappa shape index (κ2) is 8.62. The fourth-order valence-electron chi connectivity index (χ4n) is 6.34. The molecule has 12 heteroatoms. The summed E-state index contributed by atoms with van der Waals surface area (Å²) in [7, 11) is 0. The van der Waals surface area contributed by atoms with Crippen LogP contribution in [0.3, 0.4) is 0 Å². The minimum Gasteiger partial charge on any atom is -0.381 e. The number of aromatic amines is 1. The van der Waals surface area contributed by atoms with Crippen LogP contribution in [0, 0.1) is 11.8 Å². The van der Waals surface area contributed by atoms with E-state index < -0.39 is 5.92 Å². The van der Waals surface area contributed by atoms with Crippen molar-refractivity contribution in [1.29, 1.82) is 0 Å². The van der Waals surface area contributed by atoms with E-state index in [0.29, 0.717) is 47.9 Å². The van der Waals surface area contributed by atoms with Crippen LogP contribution in [0.15, 0.2) is 18.5 Å². The highest BCUT2D eigenvalue weighted by Gasteiger charge is 2.52. The number of carbonyl (C=O) groups excluding carboxylic acids is 1. The van der Waals surface area contributed by atoms with Gasteiger partial charge in [-0.15, -0.1) is 0 Å². The smallest absolute Gasteiger partial charge is 0.322 e. The predicted molar refractivity (Wildman–Crippen MR) is 137 cm³/mol. The average molecular weight is 527 g/mol. The van der Waals surface area contributed by atoms with Gasteiger partial charge in [-0.2, -0.15) is 10.2 Å². The van der Waals surface area contributed by atoms with Gasteiger partial charge in [0.25, 0.3) is 5.92 Å². The number of alkyl halides is 2. The molecule has 4 fully saturated rings. The molecule has 0 bridgehead atoms. The number of rotatable bonds is 5. The molecule has 0 unspecified atom stereocenters. The SMILES string of the molecule is C[C@H]1CCN(C(=O)Nc2cn[nH]c2-c2cc3c(cn2)c(N2CC(F)(F)C2)nn3C[C@H]2CCOC2)C2(CC2)C1. The number of H-pyrrole nitrogens is 1. The molecule has 2 atom stereocenters. The van der Waals surface area contributed by atoms with E-state index in [1.165, 1.54) is 0 Å². The normalized spacial score (nSPS) is 25.7. The van der Waals surface area contributed by atoms with Crippen molar-refractivity contribution in [2.45, 2.75) is 57.0 Å². The first kappa shape index (κ1) is 23.8. The third-order valence-corrected chi connectivity index (χ3v) is 8.57. The number of hydrogen-bond acceptors (Lipinski definition) is 6. The van der Waals surface area contributed by atoms with Gasteiger partial charge in [0.1, 0.15) is 5.69 Å². The first-order valence-electron chi connectivity index (χ1n) is 13.5. The van der Waals surface area contributed by atoms with Gasteiger partial charge >= 0.3 is 6.03 Å². The van der Waals surface area contributed by atoms with Gasteiger partial charge in [0.15, 0.2) is 5.82 Å². The molecule has 38 heavy (non-hydrogen) atoms. The molecule has 4 aliphatic rings. The van der Waals surface area contributed by atoms with Crippen molar-refractivity contribution in [3.63, 3.8) is 0 Å². The van der Waals surface area contributed by atoms with Gasteiger partial charge in [0.2, 0.25) is 0 Å². The molecular weight excluding hydrogens is 494 g/mol. The van der Waals surface area contributed by atoms with E-state index in [2.05, 4.69) is 27.4 Å². The van der Waals surface area contributed by atoms with Crippen LogP contribution in [0.5, 0.6) is 0 Å². The van der Waals surface area contributed by atoms with Crippen LogP contribution >= 0.6 is 0 Å². The first-order valence-corrected chi connectivity index (χ1v) is 13.5. The van der Waals surface area contributed by atoms with Crippen LogP contribution in [-0.2, 0) is 11.3 Å². The number of pyridine rings is 1. The van der Waals surface area contributed by atoms with Crippen molar-refractivity contribution >= 4 is 28.4 Å². The summed E-state index contributed by atoms with van der Waals surface area (Å²) in [5.74, 6) is -1.23. The van der Waals surface area contributed by atoms with Gasteiger partial charge in [0.05, 0.1) is 48.2 Å². The Labute approximate surface area is 218 Å². The van der Waals surface area contributed by atoms with Crippen LogP contribution in [0.1, 0.15) is 39.0 Å². The standard InChI is InChI=1S/C26H32F2N8O2/c1-16-2-6-35(25(9-16)4-5-25)24(37)31-20-11-30-32-22(20)19-8-21-18(10-29-19)23(34-14-26(27,28)15-34)33-36(21)12-17-3-7-38-13-17/h8,10-11,16-17H,2-7,9,12-15H2,1H3,(H,30,32)(H,31,37)/t16-,17+/m0/s1. The van der Waals surface area contributed by atoms with Gasteiger partial charge in [0, 0.05) is 37.4 Å². The molecule has 1 saturated carbocycles. The largest absolute Gasteiger partial charge is 0.381 e. The van der Waals surface area contributed by atoms with Crippen LogP contribution < -0.4 is 10.2 Å². The number of aromatic nitrogens is 5. The van der Waals surface area contributed by atoms with Crippen molar-refractivity contribution in [3.05, 3.63) is 18.5 Å². The lowest BCUT2D eigenvalue weighted by Gasteiger charge is -2.39. The lowest BCUT2D eigenvalue weighted by molar-refractivity contribution is -0.0266. The second-order valence-corrected chi connectivity index (χ2v) is 11.6. The maximum Gasteiger partial charge on any atom is 0.322 e. The summed E-state index contributed by atoms with van der Waals surface area (Å²) >= 11 is 0. The molecular formula is C26H32F2N8O2. The molecule has 7 rings (SSSR count). The monoisotopic (exact) mass is 526 g/mol. The van der Waals surface area contributed by atoms with Crippen molar-refractivity contribution in [2.75, 3.05) is 43.1 Å². The summed E-state index contributed by atoms with van der Waals surface area (Å²) in [6.07, 6.45) is 8.40. The number of hydrogen-bond donors (Lipinski definition) is 2. The zero-order valence-electron chi connectivity index (χ0n) is 21.4. The molecule has 3 aromatic heterocycles. The number of likely N-dealkylation sites (tertiary alicyclic amines) is 1. The fraction of sp³-hybridized carbons (Fsp3) is 0.615. The number of halogens is 2. The molecule has 3 aliphatic heterocycles. The lowest BCUT2D eigenvalue weighted by atomic mass is 9.91. The number of piperidine rings is 1. The van der Waals surface area contributed by atoms with Crippen LogP contribution in [0.25, 0.3) is 22.3 Å². The molecule has 1 aliphatic carbocycles. The Balaban J connectivity index is 1.18. The van der Waals surface area contributed by atoms with E-state index in [4.69, 9.17) is 9.84 Å². The number of carbonyl (C=O) groups is 1. The highest BCUT2D eigenvalue weighted by atomic mass is 19.3. The number of amides is 2. The van der Waals surface area contributed by atoms with E-state index >= 15 is 0 Å². The zero-order chi connectivity index (χ0) is 26.1. The summed E-state index contributed by atoms with van der Waals surface area (Å²) < 4.78 is 34.7. The average Bonchev–Trinajstić information content (AvgIpc) is 3.25. The van der Waals surface area contributed by atoms with E-state index in [0.717, 1.165) is 56.2 Å². The molecule has 0 radical (unpaired) electrons. The van der Waals surface area contributed by atoms with Crippen molar-refractivity contribution in [1.82, 2.24) is 29.9 Å². The highest BCUT2D eigenvalue weighted by molar-refractivity contribution is 5.96. The number of ether oxygens (including phenoxy) is 1. The zero-order valence-corrected chi connectivity index (χ0v) is 21.4. The lowest BCUT2D eigenvalue weighted by Crippen LogP contribution is -2.56. The molecule has 3 aromatic rings. The Bertz CT molecular complexity index is 1370. The molecule has 10 nitrogen and oxygen atoms in total. The topological polar surface area (TPSA) is 104 Å². The number of nitrogens with one attached hydrogen (secondary N) is 2. The molecule has 0 aromatic carbocycles. The summed E-state index contributed by atoms with van der Waals surface area (Å²) in [5.41, 5.74) is 2.58. The Morgan fingerprint density at radius 1 is 1.26 bits per heavy atom. The van der Waals surface area contributed by atoms with E-state index in [9.17, 15) is 13.6 Å². The quantitative estimate of drug-likeness (QED) is 0.519. The van der Waals surface area contributed by atoms with E-state index in [1.807, 2.05) is 15.6 Å².